The number of benzene rings is 1. The number of nitrogens with one attached hydrogen (secondary N) is 2. The molecule has 3 aromatic heterocycles. The third-order valence-corrected chi connectivity index (χ3v) is 13.2. The molecule has 1 aromatic carbocycles. The fraction of sp³-hybridized carbons (Fsp3) is 0.475. The van der Waals surface area contributed by atoms with Crippen LogP contribution < -0.4 is 19.5 Å². The number of fused-ring (bicyclic) bond motifs is 1. The molecular weight excluding hydrogens is 758 g/mol. The Bertz CT molecular complexity index is 2410. The van der Waals surface area contributed by atoms with Crippen LogP contribution in [0.1, 0.15) is 86.6 Å². The van der Waals surface area contributed by atoms with Crippen molar-refractivity contribution in [3.8, 4) is 17.4 Å². The summed E-state index contributed by atoms with van der Waals surface area (Å²) in [7, 11) is -4.55. The van der Waals surface area contributed by atoms with Gasteiger partial charge in [-0.2, -0.15) is 8.42 Å². The molecule has 3 saturated carbocycles. The first kappa shape index (κ1) is 33.3. The molecule has 3 aliphatic carbocycles. The molecule has 0 unspecified atom stereocenters. The number of nitrogens with zero attached hydrogens (tertiary/aromatic N) is 5. The van der Waals surface area contributed by atoms with Crippen LogP contribution in [0.3, 0.4) is 0 Å². The molecule has 1 aliphatic heterocycles. The third kappa shape index (κ3) is 7.50. The standard InChI is InChI=1S/C40H46ClN7O7S/c1-38(2)23-27(24-47(38)37(50)51)9-6-20-42-35-29(55-25-26-7-4-3-5-8-26)11-13-33(44-35)56(52,53)46-36(49)28-10-12-31(43-34(28)41)48-21-14-32(45-48)54-22-15-30-39(16-17-39)40(30)18-19-40/h3-5,7-8,10-14,21,27,30H,6,9,15-20,22-25H2,1-2H3,(H,42,44)(H,46,49)(H,50,51)/t27-/m0/s1/i15D2,22D2. The Morgan fingerprint density at radius 1 is 1.02 bits per heavy atom. The van der Waals surface area contributed by atoms with E-state index in [1.165, 1.54) is 46.1 Å². The van der Waals surface area contributed by atoms with Gasteiger partial charge in [0.05, 0.1) is 14.9 Å². The average Bonchev–Trinajstić information content (AvgIpc) is 4.14. The number of likely N-dealkylation sites (tertiary alicyclic amines) is 1. The molecule has 296 valence electrons. The molecule has 2 spiro atoms. The number of carbonyl (C=O) groups is 2. The number of anilines is 1. The highest BCUT2D eigenvalue weighted by Gasteiger charge is 2.85. The second-order valence-corrected chi connectivity index (χ2v) is 17.7. The number of pyridine rings is 2. The number of carboxylic acid groups (broad SMARTS) is 1. The van der Waals surface area contributed by atoms with Gasteiger partial charge in [-0.15, -0.1) is 5.10 Å². The summed E-state index contributed by atoms with van der Waals surface area (Å²) in [5.74, 6) is -0.947. The summed E-state index contributed by atoms with van der Waals surface area (Å²) >= 11 is 6.39. The van der Waals surface area contributed by atoms with Crippen molar-refractivity contribution >= 4 is 39.4 Å². The van der Waals surface area contributed by atoms with Crippen LogP contribution in [-0.4, -0.2) is 75.4 Å². The van der Waals surface area contributed by atoms with E-state index in [2.05, 4.69) is 20.4 Å². The maximum Gasteiger partial charge on any atom is 0.407 e. The summed E-state index contributed by atoms with van der Waals surface area (Å²) in [4.78, 5) is 35.0. The minimum absolute atomic E-state index is 0.0937. The third-order valence-electron chi connectivity index (χ3n) is 11.7. The van der Waals surface area contributed by atoms with Gasteiger partial charge in [-0.3, -0.25) is 4.79 Å². The fourth-order valence-electron chi connectivity index (χ4n) is 8.51. The number of sulfonamides is 1. The molecule has 3 N–H and O–H groups in total. The van der Waals surface area contributed by atoms with Crippen LogP contribution in [-0.2, 0) is 16.6 Å². The van der Waals surface area contributed by atoms with E-state index in [1.807, 2.05) is 48.9 Å². The summed E-state index contributed by atoms with van der Waals surface area (Å²) in [6, 6.07) is 16.0. The van der Waals surface area contributed by atoms with E-state index >= 15 is 0 Å². The Balaban J connectivity index is 0.921. The number of carbonyl (C=O) groups excluding carboxylic acids is 1. The molecule has 4 fully saturated rings. The van der Waals surface area contributed by atoms with Gasteiger partial charge in [0.15, 0.2) is 22.4 Å². The normalized spacial score (nSPS) is 21.4. The van der Waals surface area contributed by atoms with Crippen LogP contribution >= 0.6 is 11.6 Å². The lowest BCUT2D eigenvalue weighted by atomic mass is 9.93. The number of hydrogen-bond donors (Lipinski definition) is 3. The monoisotopic (exact) mass is 807 g/mol. The summed E-state index contributed by atoms with van der Waals surface area (Å²) in [6.07, 6.45) is 4.01. The van der Waals surface area contributed by atoms with Crippen LogP contribution in [0.2, 0.25) is 5.15 Å². The molecule has 2 amide bonds. The lowest BCUT2D eigenvalue weighted by molar-refractivity contribution is 0.0980. The van der Waals surface area contributed by atoms with E-state index in [1.54, 1.807) is 0 Å². The van der Waals surface area contributed by atoms with Crippen molar-refractivity contribution in [2.75, 3.05) is 25.0 Å². The smallest absolute Gasteiger partial charge is 0.407 e. The Labute approximate surface area is 336 Å². The van der Waals surface area contributed by atoms with Crippen molar-refractivity contribution in [1.82, 2.24) is 29.4 Å². The topological polar surface area (TPSA) is 178 Å². The highest BCUT2D eigenvalue weighted by molar-refractivity contribution is 7.90. The van der Waals surface area contributed by atoms with Gasteiger partial charge in [-0.1, -0.05) is 41.9 Å². The predicted molar refractivity (Wildman–Crippen MR) is 208 cm³/mol. The second kappa shape index (κ2) is 14.6. The van der Waals surface area contributed by atoms with Crippen molar-refractivity contribution in [1.29, 1.82) is 0 Å². The first-order chi connectivity index (χ1) is 28.3. The van der Waals surface area contributed by atoms with Gasteiger partial charge in [0, 0.05) is 33.6 Å². The van der Waals surface area contributed by atoms with Crippen molar-refractivity contribution in [3.05, 3.63) is 83.1 Å². The maximum atomic E-state index is 13.6. The van der Waals surface area contributed by atoms with E-state index in [9.17, 15) is 23.1 Å². The fourth-order valence-corrected chi connectivity index (χ4v) is 9.66. The molecule has 8 rings (SSSR count). The van der Waals surface area contributed by atoms with E-state index in [-0.39, 0.29) is 57.3 Å². The van der Waals surface area contributed by atoms with Gasteiger partial charge in [0.1, 0.15) is 11.8 Å². The largest absolute Gasteiger partial charge is 0.485 e. The molecule has 14 nitrogen and oxygen atoms in total. The Kier molecular flexibility index (Phi) is 8.65. The quantitative estimate of drug-likeness (QED) is 0.0789. The number of aromatic nitrogens is 4. The molecule has 4 aromatic rings. The zero-order valence-electron chi connectivity index (χ0n) is 35.0. The average molecular weight is 808 g/mol. The number of ether oxygens (including phenoxy) is 2. The Hall–Kier alpha value is -4.89. The van der Waals surface area contributed by atoms with Gasteiger partial charge in [-0.25, -0.2) is 24.2 Å². The molecule has 1 atom stereocenters. The number of hydrogen-bond acceptors (Lipinski definition) is 10. The maximum absolute atomic E-state index is 13.6. The highest BCUT2D eigenvalue weighted by atomic mass is 35.5. The molecule has 0 bridgehead atoms. The second-order valence-electron chi connectivity index (χ2n) is 15.8. The molecule has 4 aliphatic rings. The van der Waals surface area contributed by atoms with Gasteiger partial charge < -0.3 is 24.8 Å². The van der Waals surface area contributed by atoms with Crippen molar-refractivity contribution < 1.29 is 38.1 Å². The van der Waals surface area contributed by atoms with Crippen molar-refractivity contribution in [2.45, 2.75) is 82.3 Å². The number of rotatable bonds is 16. The Morgan fingerprint density at radius 2 is 1.77 bits per heavy atom. The highest BCUT2D eigenvalue weighted by Crippen LogP contribution is 2.93. The summed E-state index contributed by atoms with van der Waals surface area (Å²) in [6.45, 7) is 2.17. The number of amides is 2. The SMILES string of the molecule is [2H]C([2H])(Oc1ccn(-c2ccc(C(=O)NS(=O)(=O)c3ccc(OCc4ccccc4)c(NCCC[C@@H]4CN(C(=O)O)C(C)(C)C4)n3)c(Cl)n2)n1)C([2H])([2H])C1C2(CC2)C12CC2. The zero-order chi connectivity index (χ0) is 42.9. The molecule has 4 heterocycles. The van der Waals surface area contributed by atoms with Crippen LogP contribution in [0.15, 0.2) is 71.9 Å². The summed E-state index contributed by atoms with van der Waals surface area (Å²) in [5.41, 5.74) is -0.0335. The van der Waals surface area contributed by atoms with Crippen LogP contribution in [0.5, 0.6) is 11.6 Å². The van der Waals surface area contributed by atoms with Gasteiger partial charge >= 0.3 is 6.09 Å². The van der Waals surface area contributed by atoms with Gasteiger partial charge in [-0.05, 0) is 118 Å². The lowest BCUT2D eigenvalue weighted by Gasteiger charge is -2.28. The van der Waals surface area contributed by atoms with E-state index in [0.717, 1.165) is 44.1 Å². The zero-order valence-corrected chi connectivity index (χ0v) is 32.6. The first-order valence-corrected chi connectivity index (χ1v) is 20.6. The minimum atomic E-state index is -4.55. The summed E-state index contributed by atoms with van der Waals surface area (Å²) in [5, 5.41) is 16.2. The molecule has 0 radical (unpaired) electrons. The van der Waals surface area contributed by atoms with Crippen molar-refractivity contribution in [3.63, 3.8) is 0 Å². The summed E-state index contributed by atoms with van der Waals surface area (Å²) < 4.78 is 76.3. The molecule has 56 heavy (non-hydrogen) atoms. The Morgan fingerprint density at radius 3 is 2.45 bits per heavy atom. The van der Waals surface area contributed by atoms with E-state index in [4.69, 9.17) is 26.6 Å². The predicted octanol–water partition coefficient (Wildman–Crippen LogP) is 6.94. The van der Waals surface area contributed by atoms with Gasteiger partial charge in [0.25, 0.3) is 15.9 Å². The lowest BCUT2D eigenvalue weighted by Crippen LogP contribution is -2.41. The number of halogens is 1. The molecule has 16 heteroatoms. The van der Waals surface area contributed by atoms with E-state index in [0.29, 0.717) is 19.5 Å². The van der Waals surface area contributed by atoms with Crippen molar-refractivity contribution in [2.24, 2.45) is 22.7 Å². The molecule has 1 saturated heterocycles. The van der Waals surface area contributed by atoms with Crippen LogP contribution in [0.25, 0.3) is 5.82 Å². The minimum Gasteiger partial charge on any atom is -0.485 e. The van der Waals surface area contributed by atoms with Crippen LogP contribution in [0, 0.1) is 22.7 Å². The first-order valence-electron chi connectivity index (χ1n) is 20.7. The van der Waals surface area contributed by atoms with Gasteiger partial charge in [0.2, 0.25) is 5.88 Å². The van der Waals surface area contributed by atoms with Crippen LogP contribution in [0.4, 0.5) is 10.6 Å². The van der Waals surface area contributed by atoms with E-state index < -0.39 is 51.4 Å². The molecular formula is C40H46ClN7O7S.